The number of hydrogen-bond acceptors (Lipinski definition) is 4. The molecule has 0 atom stereocenters. The monoisotopic (exact) mass is 492 g/mol. The number of thiocarbonyl (C=S) groups is 1. The molecule has 34 heavy (non-hydrogen) atoms. The van der Waals surface area contributed by atoms with Crippen LogP contribution in [0.15, 0.2) is 18.2 Å². The van der Waals surface area contributed by atoms with E-state index in [4.69, 9.17) is 21.7 Å². The van der Waals surface area contributed by atoms with Crippen molar-refractivity contribution in [1.29, 1.82) is 0 Å². The Morgan fingerprint density at radius 3 is 2.15 bits per heavy atom. The molecule has 0 aromatic heterocycles. The SMILES string of the molecule is CCCCCCCCCCCCCC(=O)NC(=S)NCc1ccc(OCCC(C)C)c(OC)c1. The first-order valence-corrected chi connectivity index (χ1v) is 13.7. The maximum absolute atomic E-state index is 12.1. The number of ether oxygens (including phenoxy) is 2. The number of amides is 1. The average molecular weight is 493 g/mol. The number of hydrogen-bond donors (Lipinski definition) is 2. The Balaban J connectivity index is 2.16. The number of carbonyl (C=O) groups excluding carboxylic acids is 1. The fraction of sp³-hybridized carbons (Fsp3) is 0.714. The second-order valence-electron chi connectivity index (χ2n) is 9.53. The van der Waals surface area contributed by atoms with Crippen molar-refractivity contribution in [1.82, 2.24) is 10.6 Å². The van der Waals surface area contributed by atoms with Crippen molar-refractivity contribution in [2.24, 2.45) is 5.92 Å². The van der Waals surface area contributed by atoms with Gasteiger partial charge in [-0.05, 0) is 48.7 Å². The smallest absolute Gasteiger partial charge is 0.226 e. The zero-order valence-electron chi connectivity index (χ0n) is 22.0. The van der Waals surface area contributed by atoms with Gasteiger partial charge in [0.2, 0.25) is 5.91 Å². The number of nitrogens with one attached hydrogen (secondary N) is 2. The van der Waals surface area contributed by atoms with Crippen molar-refractivity contribution in [2.45, 2.75) is 111 Å². The van der Waals surface area contributed by atoms with Crippen LogP contribution in [0.4, 0.5) is 0 Å². The molecule has 1 aromatic rings. The molecule has 0 aliphatic heterocycles. The topological polar surface area (TPSA) is 59.6 Å². The van der Waals surface area contributed by atoms with E-state index in [1.807, 2.05) is 18.2 Å². The van der Waals surface area contributed by atoms with Crippen molar-refractivity contribution in [3.63, 3.8) is 0 Å². The average Bonchev–Trinajstić information content (AvgIpc) is 2.81. The van der Waals surface area contributed by atoms with E-state index in [2.05, 4.69) is 31.4 Å². The van der Waals surface area contributed by atoms with Gasteiger partial charge in [0.1, 0.15) is 0 Å². The van der Waals surface area contributed by atoms with E-state index in [0.29, 0.717) is 36.4 Å². The summed E-state index contributed by atoms with van der Waals surface area (Å²) in [6.45, 7) is 7.79. The quantitative estimate of drug-likeness (QED) is 0.157. The van der Waals surface area contributed by atoms with Gasteiger partial charge < -0.3 is 20.1 Å². The molecule has 5 nitrogen and oxygen atoms in total. The molecule has 0 heterocycles. The second-order valence-corrected chi connectivity index (χ2v) is 9.94. The molecule has 0 spiro atoms. The zero-order chi connectivity index (χ0) is 25.0. The van der Waals surface area contributed by atoms with Gasteiger partial charge in [-0.2, -0.15) is 0 Å². The van der Waals surface area contributed by atoms with Gasteiger partial charge in [-0.15, -0.1) is 0 Å². The maximum atomic E-state index is 12.1. The molecule has 0 fully saturated rings. The summed E-state index contributed by atoms with van der Waals surface area (Å²) in [5.74, 6) is 2.03. The van der Waals surface area contributed by atoms with Crippen molar-refractivity contribution >= 4 is 23.2 Å². The molecule has 1 aromatic carbocycles. The lowest BCUT2D eigenvalue weighted by molar-refractivity contribution is -0.119. The normalized spacial score (nSPS) is 10.9. The molecular formula is C28H48N2O3S. The van der Waals surface area contributed by atoms with Crippen LogP contribution in [-0.2, 0) is 11.3 Å². The number of carbonyl (C=O) groups is 1. The highest BCUT2D eigenvalue weighted by Crippen LogP contribution is 2.28. The van der Waals surface area contributed by atoms with Gasteiger partial charge in [0.05, 0.1) is 13.7 Å². The Hall–Kier alpha value is -1.82. The Bertz CT molecular complexity index is 694. The minimum atomic E-state index is -0.0140. The van der Waals surface area contributed by atoms with Crippen LogP contribution in [-0.4, -0.2) is 24.7 Å². The Labute approximate surface area is 213 Å². The van der Waals surface area contributed by atoms with Crippen LogP contribution in [0.3, 0.4) is 0 Å². The van der Waals surface area contributed by atoms with Crippen molar-refractivity contribution < 1.29 is 14.3 Å². The first-order valence-electron chi connectivity index (χ1n) is 13.3. The van der Waals surface area contributed by atoms with E-state index in [1.54, 1.807) is 7.11 Å². The fourth-order valence-electron chi connectivity index (χ4n) is 3.71. The highest BCUT2D eigenvalue weighted by molar-refractivity contribution is 7.80. The molecule has 2 N–H and O–H groups in total. The van der Waals surface area contributed by atoms with Crippen molar-refractivity contribution in [2.75, 3.05) is 13.7 Å². The lowest BCUT2D eigenvalue weighted by atomic mass is 10.1. The Morgan fingerprint density at radius 2 is 1.56 bits per heavy atom. The summed E-state index contributed by atoms with van der Waals surface area (Å²) in [5, 5.41) is 6.26. The van der Waals surface area contributed by atoms with Crippen LogP contribution in [0.1, 0.15) is 110 Å². The largest absolute Gasteiger partial charge is 0.493 e. The maximum Gasteiger partial charge on any atom is 0.226 e. The summed E-state index contributed by atoms with van der Waals surface area (Å²) < 4.78 is 11.3. The molecule has 6 heteroatoms. The molecule has 0 unspecified atom stereocenters. The molecular weight excluding hydrogens is 444 g/mol. The standard InChI is InChI=1S/C28H48N2O3S/c1-5-6-7-8-9-10-11-12-13-14-15-16-27(31)30-28(34)29-22-24-17-18-25(26(21-24)32-4)33-20-19-23(2)3/h17-18,21,23H,5-16,19-20,22H2,1-4H3,(H2,29,30,31,34). The van der Waals surface area contributed by atoms with E-state index in [0.717, 1.165) is 30.6 Å². The fourth-order valence-corrected chi connectivity index (χ4v) is 3.90. The highest BCUT2D eigenvalue weighted by Gasteiger charge is 2.08. The van der Waals surface area contributed by atoms with E-state index in [-0.39, 0.29) is 5.91 Å². The minimum absolute atomic E-state index is 0.0140. The van der Waals surface area contributed by atoms with Crippen LogP contribution < -0.4 is 20.1 Å². The third-order valence-electron chi connectivity index (χ3n) is 5.89. The molecule has 1 rings (SSSR count). The summed E-state index contributed by atoms with van der Waals surface area (Å²) in [4.78, 5) is 12.1. The molecule has 0 saturated heterocycles. The van der Waals surface area contributed by atoms with Gasteiger partial charge in [-0.1, -0.05) is 91.0 Å². The van der Waals surface area contributed by atoms with Crippen molar-refractivity contribution in [3.05, 3.63) is 23.8 Å². The minimum Gasteiger partial charge on any atom is -0.493 e. The van der Waals surface area contributed by atoms with Crippen LogP contribution in [0.25, 0.3) is 0 Å². The lowest BCUT2D eigenvalue weighted by Gasteiger charge is -2.14. The molecule has 0 bridgehead atoms. The van der Waals surface area contributed by atoms with E-state index < -0.39 is 0 Å². The Kier molecular flexibility index (Phi) is 17.3. The van der Waals surface area contributed by atoms with Gasteiger partial charge >= 0.3 is 0 Å². The summed E-state index contributed by atoms with van der Waals surface area (Å²) in [7, 11) is 1.64. The lowest BCUT2D eigenvalue weighted by Crippen LogP contribution is -2.38. The first-order chi connectivity index (χ1) is 16.5. The van der Waals surface area contributed by atoms with Gasteiger partial charge in [-0.3, -0.25) is 4.79 Å². The molecule has 0 radical (unpaired) electrons. The van der Waals surface area contributed by atoms with Gasteiger partial charge in [-0.25, -0.2) is 0 Å². The number of benzene rings is 1. The number of methoxy groups -OCH3 is 1. The summed E-state index contributed by atoms with van der Waals surface area (Å²) in [5.41, 5.74) is 1.01. The summed E-state index contributed by atoms with van der Waals surface area (Å²) >= 11 is 5.29. The van der Waals surface area contributed by atoms with E-state index in [1.165, 1.54) is 57.8 Å². The predicted octanol–water partition coefficient (Wildman–Crippen LogP) is 7.31. The Morgan fingerprint density at radius 1 is 0.941 bits per heavy atom. The summed E-state index contributed by atoms with van der Waals surface area (Å²) in [6.07, 6.45) is 15.5. The third-order valence-corrected chi connectivity index (χ3v) is 6.14. The van der Waals surface area contributed by atoms with E-state index >= 15 is 0 Å². The van der Waals surface area contributed by atoms with Gasteiger partial charge in [0, 0.05) is 13.0 Å². The van der Waals surface area contributed by atoms with Crippen LogP contribution in [0.5, 0.6) is 11.5 Å². The number of rotatable bonds is 19. The van der Waals surface area contributed by atoms with Crippen LogP contribution in [0.2, 0.25) is 0 Å². The predicted molar refractivity (Wildman–Crippen MR) is 147 cm³/mol. The van der Waals surface area contributed by atoms with Gasteiger partial charge in [0.25, 0.3) is 0 Å². The molecule has 1 amide bonds. The summed E-state index contributed by atoms with van der Waals surface area (Å²) in [6, 6.07) is 5.84. The second kappa shape index (κ2) is 19.5. The van der Waals surface area contributed by atoms with Crippen molar-refractivity contribution in [3.8, 4) is 11.5 Å². The molecule has 194 valence electrons. The van der Waals surface area contributed by atoms with E-state index in [9.17, 15) is 4.79 Å². The molecule has 0 aliphatic rings. The van der Waals surface area contributed by atoms with Gasteiger partial charge in [0.15, 0.2) is 16.6 Å². The van der Waals surface area contributed by atoms with Crippen LogP contribution in [0, 0.1) is 5.92 Å². The molecule has 0 saturated carbocycles. The highest BCUT2D eigenvalue weighted by atomic mass is 32.1. The third kappa shape index (κ3) is 15.2. The zero-order valence-corrected chi connectivity index (χ0v) is 22.9. The number of unbranched alkanes of at least 4 members (excludes halogenated alkanes) is 10. The molecule has 0 aliphatic carbocycles. The first kappa shape index (κ1) is 30.2. The van der Waals surface area contributed by atoms with Crippen LogP contribution >= 0.6 is 12.2 Å².